The summed E-state index contributed by atoms with van der Waals surface area (Å²) in [6.45, 7) is 9.07. The second-order valence-electron chi connectivity index (χ2n) is 9.69. The summed E-state index contributed by atoms with van der Waals surface area (Å²) in [4.78, 5) is 14.9. The predicted molar refractivity (Wildman–Crippen MR) is 138 cm³/mol. The number of carbonyl (C=O) groups excluding carboxylic acids is 1. The van der Waals surface area contributed by atoms with Gasteiger partial charge in [-0.3, -0.25) is 4.79 Å². The summed E-state index contributed by atoms with van der Waals surface area (Å²) in [5, 5.41) is 7.80. The van der Waals surface area contributed by atoms with Crippen molar-refractivity contribution in [3.63, 3.8) is 0 Å². The van der Waals surface area contributed by atoms with E-state index in [2.05, 4.69) is 23.2 Å². The number of rotatable bonds is 7. The Morgan fingerprint density at radius 2 is 1.89 bits per heavy atom. The van der Waals surface area contributed by atoms with E-state index in [0.29, 0.717) is 19.5 Å². The van der Waals surface area contributed by atoms with Crippen LogP contribution in [0.5, 0.6) is 0 Å². The van der Waals surface area contributed by atoms with E-state index >= 15 is 0 Å². The van der Waals surface area contributed by atoms with Gasteiger partial charge in [0.2, 0.25) is 5.91 Å². The lowest BCUT2D eigenvalue weighted by Gasteiger charge is -2.35. The van der Waals surface area contributed by atoms with E-state index in [0.717, 1.165) is 18.4 Å². The van der Waals surface area contributed by atoms with Crippen molar-refractivity contribution in [2.45, 2.75) is 47.0 Å². The van der Waals surface area contributed by atoms with Crippen molar-refractivity contribution in [3.8, 4) is 0 Å². The number of fused-ring (bicyclic) bond motifs is 2. The lowest BCUT2D eigenvalue weighted by Crippen LogP contribution is -2.44. The Morgan fingerprint density at radius 1 is 1.22 bits per heavy atom. The van der Waals surface area contributed by atoms with Gasteiger partial charge in [0.1, 0.15) is 11.6 Å². The third-order valence-electron chi connectivity index (χ3n) is 7.80. The van der Waals surface area contributed by atoms with Gasteiger partial charge in [0, 0.05) is 25.6 Å². The first-order valence-electron chi connectivity index (χ1n) is 12.8. The fraction of sp³-hybridized carbons (Fsp3) is 0.593. The minimum Gasteiger partial charge on any atom is -0.342 e. The Bertz CT molecular complexity index is 1160. The molecule has 1 aromatic carbocycles. The second-order valence-corrected chi connectivity index (χ2v) is 11.9. The van der Waals surface area contributed by atoms with Crippen LogP contribution in [0.15, 0.2) is 46.2 Å². The van der Waals surface area contributed by atoms with Crippen molar-refractivity contribution in [1.82, 2.24) is 4.90 Å². The third kappa shape index (κ3) is 5.45. The van der Waals surface area contributed by atoms with E-state index in [1.807, 2.05) is 20.8 Å². The van der Waals surface area contributed by atoms with Crippen LogP contribution in [0.2, 0.25) is 0 Å². The highest BCUT2D eigenvalue weighted by Crippen LogP contribution is 2.58. The molecule has 2 aliphatic carbocycles. The van der Waals surface area contributed by atoms with Gasteiger partial charge in [0.25, 0.3) is 0 Å². The number of azo groups is 1. The number of allylic oxidation sites excluding steroid dienone is 2. The normalized spacial score (nSPS) is 28.7. The summed E-state index contributed by atoms with van der Waals surface area (Å²) < 4.78 is 52.7. The Hall–Kier alpha value is -2.42. The van der Waals surface area contributed by atoms with Crippen LogP contribution in [-0.2, 0) is 14.6 Å². The highest BCUT2D eigenvalue weighted by molar-refractivity contribution is 7.91. The fourth-order valence-electron chi connectivity index (χ4n) is 5.93. The minimum atomic E-state index is -3.14. The van der Waals surface area contributed by atoms with Crippen molar-refractivity contribution in [2.75, 3.05) is 31.6 Å². The van der Waals surface area contributed by atoms with Gasteiger partial charge in [-0.05, 0) is 61.8 Å². The largest absolute Gasteiger partial charge is 0.342 e. The summed E-state index contributed by atoms with van der Waals surface area (Å²) in [5.41, 5.74) is 0.628. The Balaban J connectivity index is 0.00000176. The smallest absolute Gasteiger partial charge is 0.226 e. The maximum Gasteiger partial charge on any atom is 0.226 e. The molecule has 0 radical (unpaired) electrons. The molecule has 6 nitrogen and oxygen atoms in total. The van der Waals surface area contributed by atoms with Gasteiger partial charge in [-0.25, -0.2) is 17.2 Å². The van der Waals surface area contributed by atoms with E-state index < -0.39 is 27.4 Å². The van der Waals surface area contributed by atoms with Crippen LogP contribution in [0.4, 0.5) is 8.78 Å². The molecule has 1 saturated carbocycles. The molecule has 1 heterocycles. The summed E-state index contributed by atoms with van der Waals surface area (Å²) in [6, 6.07) is 3.71. The van der Waals surface area contributed by atoms with Crippen LogP contribution in [-0.4, -0.2) is 50.9 Å². The molecule has 0 aromatic heterocycles. The summed E-state index contributed by atoms with van der Waals surface area (Å²) in [7, 11) is -1.68. The topological polar surface area (TPSA) is 79.2 Å². The van der Waals surface area contributed by atoms with Crippen molar-refractivity contribution in [2.24, 2.45) is 33.4 Å². The molecule has 1 amide bonds. The van der Waals surface area contributed by atoms with Crippen molar-refractivity contribution >= 4 is 21.4 Å². The van der Waals surface area contributed by atoms with Crippen LogP contribution >= 0.6 is 0 Å². The quantitative estimate of drug-likeness (QED) is 0.434. The summed E-state index contributed by atoms with van der Waals surface area (Å²) >= 11 is 0. The molecule has 1 aromatic rings. The highest BCUT2D eigenvalue weighted by Gasteiger charge is 2.52. The maximum absolute atomic E-state index is 14.5. The molecule has 0 N–H and O–H groups in total. The van der Waals surface area contributed by atoms with Crippen LogP contribution in [0.1, 0.15) is 52.5 Å². The Labute approximate surface area is 213 Å². The number of halogens is 2. The first-order chi connectivity index (χ1) is 17.1. The average molecular weight is 522 g/mol. The van der Waals surface area contributed by atoms with Crippen molar-refractivity contribution in [1.29, 1.82) is 0 Å². The van der Waals surface area contributed by atoms with Gasteiger partial charge >= 0.3 is 0 Å². The predicted octanol–water partition coefficient (Wildman–Crippen LogP) is 5.67. The number of amides is 1. The summed E-state index contributed by atoms with van der Waals surface area (Å²) in [5.74, 6) is -1.54. The molecule has 2 fully saturated rings. The lowest BCUT2D eigenvalue weighted by molar-refractivity contribution is -0.136. The zero-order valence-electron chi connectivity index (χ0n) is 21.8. The average Bonchev–Trinajstić information content (AvgIpc) is 3.45. The number of benzene rings is 1. The second kappa shape index (κ2) is 11.3. The van der Waals surface area contributed by atoms with Crippen LogP contribution in [0.25, 0.3) is 5.70 Å². The van der Waals surface area contributed by atoms with E-state index in [1.165, 1.54) is 25.2 Å². The number of carbonyl (C=O) groups is 1. The molecule has 3 aliphatic rings. The van der Waals surface area contributed by atoms with Crippen LogP contribution in [0, 0.1) is 34.8 Å². The molecule has 1 saturated heterocycles. The SMILES string of the molecule is CC.CCN(CC12C=C(/C=C(\N=NC)c3c(F)cccc3F)C(CC1)C2C)C(=O)C1CCS(=O)(=O)C1. The zero-order chi connectivity index (χ0) is 26.7. The van der Waals surface area contributed by atoms with Gasteiger partial charge in [0.05, 0.1) is 28.7 Å². The monoisotopic (exact) mass is 521 g/mol. The highest BCUT2D eigenvalue weighted by atomic mass is 32.2. The lowest BCUT2D eigenvalue weighted by atomic mass is 9.80. The molecule has 4 unspecified atom stereocenters. The molecule has 0 spiro atoms. The van der Waals surface area contributed by atoms with Gasteiger partial charge in [-0.1, -0.05) is 32.9 Å². The minimum absolute atomic E-state index is 0.0702. The van der Waals surface area contributed by atoms with Gasteiger partial charge in [0.15, 0.2) is 9.84 Å². The van der Waals surface area contributed by atoms with Crippen LogP contribution < -0.4 is 0 Å². The maximum atomic E-state index is 14.5. The molecule has 4 atom stereocenters. The van der Waals surface area contributed by atoms with Gasteiger partial charge in [-0.15, -0.1) is 0 Å². The Morgan fingerprint density at radius 3 is 2.44 bits per heavy atom. The molecule has 198 valence electrons. The number of sulfone groups is 1. The molecule has 1 aliphatic heterocycles. The first kappa shape index (κ1) is 28.2. The van der Waals surface area contributed by atoms with E-state index in [1.54, 1.807) is 11.0 Å². The standard InChI is InChI=1S/C25H31F2N3O3S.C2H6/c1-4-30(24(31)17-9-11-34(32,33)14-17)15-25-10-8-19(16(25)2)18(13-25)12-22(29-28-3)23-20(26)6-5-7-21(23)27;1-2/h5-7,12-13,16-17,19H,4,8-11,14-15H2,1-3H3;1-2H3/b22-12-,29-28?;. The summed E-state index contributed by atoms with van der Waals surface area (Å²) in [6.07, 6.45) is 6.05. The first-order valence-corrected chi connectivity index (χ1v) is 14.6. The number of hydrogen-bond donors (Lipinski definition) is 0. The zero-order valence-corrected chi connectivity index (χ0v) is 22.6. The van der Waals surface area contributed by atoms with E-state index in [4.69, 9.17) is 0 Å². The molecular weight excluding hydrogens is 484 g/mol. The van der Waals surface area contributed by atoms with E-state index in [-0.39, 0.29) is 45.9 Å². The van der Waals surface area contributed by atoms with Crippen LogP contribution in [0.3, 0.4) is 0 Å². The molecule has 36 heavy (non-hydrogen) atoms. The fourth-order valence-corrected chi connectivity index (χ4v) is 7.66. The molecule has 4 rings (SSSR count). The number of hydrogen-bond acceptors (Lipinski definition) is 5. The van der Waals surface area contributed by atoms with Crippen molar-refractivity contribution in [3.05, 3.63) is 53.1 Å². The Kier molecular flexibility index (Phi) is 8.85. The molecule has 2 bridgehead atoms. The van der Waals surface area contributed by atoms with Gasteiger partial charge in [-0.2, -0.15) is 10.2 Å². The molecular formula is C27H37F2N3O3S. The molecule has 9 heteroatoms. The number of nitrogens with zero attached hydrogens (tertiary/aromatic N) is 3. The third-order valence-corrected chi connectivity index (χ3v) is 9.57. The van der Waals surface area contributed by atoms with Gasteiger partial charge < -0.3 is 4.90 Å². The van der Waals surface area contributed by atoms with Crippen molar-refractivity contribution < 1.29 is 22.0 Å². The van der Waals surface area contributed by atoms with E-state index in [9.17, 15) is 22.0 Å².